The summed E-state index contributed by atoms with van der Waals surface area (Å²) in [5, 5.41) is 34.1. The molecule has 16 heteroatoms. The topological polar surface area (TPSA) is 229 Å². The van der Waals surface area contributed by atoms with Crippen LogP contribution in [0.5, 0.6) is 5.75 Å². The van der Waals surface area contributed by atoms with Gasteiger partial charge in [0.1, 0.15) is 11.8 Å². The van der Waals surface area contributed by atoms with Gasteiger partial charge in [0.2, 0.25) is 5.91 Å². The predicted molar refractivity (Wildman–Crippen MR) is 140 cm³/mol. The maximum atomic E-state index is 13.5. The first-order valence-corrected chi connectivity index (χ1v) is 12.5. The summed E-state index contributed by atoms with van der Waals surface area (Å²) in [6.45, 7) is 0.145. The van der Waals surface area contributed by atoms with E-state index in [1.165, 1.54) is 41.3 Å². The minimum atomic E-state index is -1.65. The van der Waals surface area contributed by atoms with Crippen molar-refractivity contribution in [2.75, 3.05) is 26.2 Å². The van der Waals surface area contributed by atoms with Gasteiger partial charge < -0.3 is 41.2 Å². The zero-order valence-corrected chi connectivity index (χ0v) is 21.5. The molecule has 0 aliphatic carbocycles. The molecule has 1 fully saturated rings. The van der Waals surface area contributed by atoms with E-state index in [-0.39, 0.29) is 55.0 Å². The number of para-hydroxylation sites is 1. The molecule has 2 aliphatic heterocycles. The third kappa shape index (κ3) is 6.12. The number of amides is 5. The van der Waals surface area contributed by atoms with Crippen LogP contribution in [-0.4, -0.2) is 100.0 Å². The van der Waals surface area contributed by atoms with Gasteiger partial charge in [-0.25, -0.2) is 14.4 Å². The fourth-order valence-corrected chi connectivity index (χ4v) is 4.54. The Morgan fingerprint density at radius 1 is 1.02 bits per heavy atom. The molecule has 214 valence electrons. The van der Waals surface area contributed by atoms with E-state index in [2.05, 4.69) is 10.6 Å². The summed E-state index contributed by atoms with van der Waals surface area (Å²) in [7, 11) is -1.65. The van der Waals surface area contributed by atoms with E-state index in [0.29, 0.717) is 10.5 Å². The van der Waals surface area contributed by atoms with Crippen molar-refractivity contribution in [3.8, 4) is 5.75 Å². The highest BCUT2D eigenvalue weighted by Gasteiger charge is 2.41. The van der Waals surface area contributed by atoms with Crippen LogP contribution in [0.15, 0.2) is 42.5 Å². The normalized spacial score (nSPS) is 17.3. The van der Waals surface area contributed by atoms with E-state index in [4.69, 9.17) is 10.4 Å². The van der Waals surface area contributed by atoms with Crippen LogP contribution in [0, 0.1) is 0 Å². The zero-order chi connectivity index (χ0) is 29.8. The van der Waals surface area contributed by atoms with Gasteiger partial charge in [-0.05, 0) is 35.7 Å². The molecule has 4 rings (SSSR count). The average Bonchev–Trinajstić information content (AvgIpc) is 2.94. The van der Waals surface area contributed by atoms with Crippen molar-refractivity contribution >= 4 is 42.8 Å². The van der Waals surface area contributed by atoms with Crippen molar-refractivity contribution in [2.45, 2.75) is 18.4 Å². The van der Waals surface area contributed by atoms with E-state index in [0.717, 1.165) is 0 Å². The number of carbonyl (C=O) groups is 6. The number of carboxylic acid groups (broad SMARTS) is 2. The number of carbonyl (C=O) groups excluding carboxylic acids is 4. The summed E-state index contributed by atoms with van der Waals surface area (Å²) in [6, 6.07) is 6.85. The maximum absolute atomic E-state index is 13.5. The number of urea groups is 1. The summed E-state index contributed by atoms with van der Waals surface area (Å²) in [5.41, 5.74) is 5.75. The lowest BCUT2D eigenvalue weighted by Crippen LogP contribution is -2.60. The summed E-state index contributed by atoms with van der Waals surface area (Å²) in [4.78, 5) is 76.2. The van der Waals surface area contributed by atoms with E-state index in [1.54, 1.807) is 6.07 Å². The van der Waals surface area contributed by atoms with Gasteiger partial charge in [0.05, 0.1) is 17.1 Å². The molecule has 1 saturated heterocycles. The Bertz CT molecular complexity index is 1400. The van der Waals surface area contributed by atoms with E-state index >= 15 is 0 Å². The van der Waals surface area contributed by atoms with Gasteiger partial charge in [0.15, 0.2) is 0 Å². The van der Waals surface area contributed by atoms with Crippen LogP contribution in [-0.2, 0) is 20.8 Å². The van der Waals surface area contributed by atoms with Gasteiger partial charge in [-0.2, -0.15) is 0 Å². The molecule has 0 saturated carbocycles. The van der Waals surface area contributed by atoms with Crippen molar-refractivity contribution in [3.63, 3.8) is 0 Å². The Kier molecular flexibility index (Phi) is 8.54. The Balaban J connectivity index is 1.56. The number of hydrogen-bond donors (Lipinski definition) is 6. The van der Waals surface area contributed by atoms with Crippen LogP contribution >= 0.6 is 0 Å². The van der Waals surface area contributed by atoms with Crippen molar-refractivity contribution in [1.29, 1.82) is 0 Å². The molecule has 5 amide bonds. The maximum Gasteiger partial charge on any atom is 0.547 e. The van der Waals surface area contributed by atoms with Crippen LogP contribution in [0.4, 0.5) is 4.79 Å². The van der Waals surface area contributed by atoms with Gasteiger partial charge in [-0.15, -0.1) is 0 Å². The summed E-state index contributed by atoms with van der Waals surface area (Å²) < 4.78 is 5.40. The molecule has 2 aromatic carbocycles. The molecule has 0 radical (unpaired) electrons. The molecular weight excluding hydrogens is 541 g/mol. The molecule has 7 N–H and O–H groups in total. The van der Waals surface area contributed by atoms with E-state index in [9.17, 15) is 44.0 Å². The number of carboxylic acids is 2. The molecule has 2 unspecified atom stereocenters. The number of benzene rings is 2. The molecule has 0 spiro atoms. The summed E-state index contributed by atoms with van der Waals surface area (Å²) >= 11 is 0. The molecule has 0 aromatic heterocycles. The molecule has 41 heavy (non-hydrogen) atoms. The fourth-order valence-electron chi connectivity index (χ4n) is 4.54. The SMILES string of the molecule is NCCN1CCN(C(=O)NC(C(=O)NC2Cc3cccc(C(=O)O)c3OB2O)c2ccc(C(=O)O)cc2)C(=O)C1=O. The minimum absolute atomic E-state index is 0.0158. The number of rotatable bonds is 8. The second-order valence-corrected chi connectivity index (χ2v) is 9.27. The highest BCUT2D eigenvalue weighted by atomic mass is 16.5. The van der Waals surface area contributed by atoms with E-state index < -0.39 is 54.8 Å². The molecule has 2 aromatic rings. The number of imide groups is 1. The first-order chi connectivity index (χ1) is 19.5. The predicted octanol–water partition coefficient (Wildman–Crippen LogP) is -1.40. The molecular formula is C25H26BN5O10. The third-order valence-corrected chi connectivity index (χ3v) is 6.65. The fraction of sp³-hybridized carbons (Fsp3) is 0.280. The number of nitrogens with one attached hydrogen (secondary N) is 2. The number of nitrogens with zero attached hydrogens (tertiary/aromatic N) is 2. The lowest BCUT2D eigenvalue weighted by Gasteiger charge is -2.33. The molecule has 15 nitrogen and oxygen atoms in total. The van der Waals surface area contributed by atoms with Gasteiger partial charge in [0.25, 0.3) is 0 Å². The molecule has 2 heterocycles. The Morgan fingerprint density at radius 2 is 1.73 bits per heavy atom. The number of hydrogen-bond acceptors (Lipinski definition) is 9. The van der Waals surface area contributed by atoms with Gasteiger partial charge in [-0.3, -0.25) is 19.3 Å². The lowest BCUT2D eigenvalue weighted by atomic mass is 9.72. The third-order valence-electron chi connectivity index (χ3n) is 6.65. The van der Waals surface area contributed by atoms with Crippen molar-refractivity contribution in [1.82, 2.24) is 20.4 Å². The second-order valence-electron chi connectivity index (χ2n) is 9.27. The Labute approximate surface area is 233 Å². The minimum Gasteiger partial charge on any atom is -0.534 e. The van der Waals surface area contributed by atoms with Gasteiger partial charge in [-0.1, -0.05) is 24.3 Å². The number of fused-ring (bicyclic) bond motifs is 1. The highest BCUT2D eigenvalue weighted by molar-refractivity contribution is 6.47. The standard InChI is InChI=1S/C25H26BN5O10/c27-8-9-30-10-11-31(22(34)21(30)33)25(39)29-18(13-4-6-14(7-5-13)23(35)36)20(32)28-17-12-15-2-1-3-16(24(37)38)19(15)41-26(17)40/h1-7,17-18,40H,8-12,27H2,(H,28,32)(H,29,39)(H,35,36)(H,37,38). The second kappa shape index (κ2) is 12.1. The molecule has 2 aliphatic rings. The summed E-state index contributed by atoms with van der Waals surface area (Å²) in [6.07, 6.45) is -0.0158. The van der Waals surface area contributed by atoms with Crippen molar-refractivity contribution < 1.29 is 48.7 Å². The van der Waals surface area contributed by atoms with Crippen LogP contribution in [0.25, 0.3) is 0 Å². The van der Waals surface area contributed by atoms with E-state index in [1.807, 2.05) is 0 Å². The Hall–Kier alpha value is -4.96. The largest absolute Gasteiger partial charge is 0.547 e. The highest BCUT2D eigenvalue weighted by Crippen LogP contribution is 2.30. The lowest BCUT2D eigenvalue weighted by molar-refractivity contribution is -0.153. The number of piperazine rings is 1. The quantitative estimate of drug-likeness (QED) is 0.161. The molecule has 2 atom stereocenters. The average molecular weight is 567 g/mol. The van der Waals surface area contributed by atoms with Crippen LogP contribution in [0.3, 0.4) is 0 Å². The van der Waals surface area contributed by atoms with Crippen molar-refractivity contribution in [3.05, 3.63) is 64.7 Å². The first kappa shape index (κ1) is 29.0. The number of nitrogens with two attached hydrogens (primary N) is 1. The van der Waals surface area contributed by atoms with Crippen LogP contribution in [0.2, 0.25) is 0 Å². The zero-order valence-electron chi connectivity index (χ0n) is 21.5. The number of aromatic carboxylic acids is 2. The van der Waals surface area contributed by atoms with Gasteiger partial charge >= 0.3 is 36.9 Å². The smallest absolute Gasteiger partial charge is 0.534 e. The summed E-state index contributed by atoms with van der Waals surface area (Å²) in [5.74, 6) is -6.48. The first-order valence-electron chi connectivity index (χ1n) is 12.5. The van der Waals surface area contributed by atoms with Gasteiger partial charge in [0, 0.05) is 26.2 Å². The Morgan fingerprint density at radius 3 is 2.37 bits per heavy atom. The monoisotopic (exact) mass is 567 g/mol. The van der Waals surface area contributed by atoms with Crippen molar-refractivity contribution in [2.24, 2.45) is 5.73 Å². The van der Waals surface area contributed by atoms with Crippen LogP contribution in [0.1, 0.15) is 37.9 Å². The molecule has 0 bridgehead atoms. The van der Waals surface area contributed by atoms with Crippen LogP contribution < -0.4 is 21.0 Å².